The number of hydrogen-bond acceptors (Lipinski definition) is 4. The quantitative estimate of drug-likeness (QED) is 0.748. The van der Waals surface area contributed by atoms with Crippen molar-refractivity contribution in [1.82, 2.24) is 0 Å². The van der Waals surface area contributed by atoms with Crippen molar-refractivity contribution in [2.75, 3.05) is 13.2 Å². The van der Waals surface area contributed by atoms with Gasteiger partial charge in [0.15, 0.2) is 0 Å². The van der Waals surface area contributed by atoms with Gasteiger partial charge in [0.25, 0.3) is 0 Å². The van der Waals surface area contributed by atoms with Crippen LogP contribution in [-0.4, -0.2) is 30.3 Å². The third kappa shape index (κ3) is 4.74. The fourth-order valence-electron chi connectivity index (χ4n) is 1.25. The van der Waals surface area contributed by atoms with Crippen LogP contribution in [0.2, 0.25) is 0 Å². The van der Waals surface area contributed by atoms with Crippen LogP contribution in [0.3, 0.4) is 0 Å². The minimum absolute atomic E-state index is 0.267. The van der Waals surface area contributed by atoms with E-state index >= 15 is 0 Å². The van der Waals surface area contributed by atoms with Gasteiger partial charge in [-0.2, -0.15) is 0 Å². The molecule has 0 aliphatic rings. The van der Waals surface area contributed by atoms with E-state index < -0.39 is 12.0 Å². The molecule has 0 saturated heterocycles. The van der Waals surface area contributed by atoms with Crippen LogP contribution in [0.1, 0.15) is 13.3 Å². The summed E-state index contributed by atoms with van der Waals surface area (Å²) in [7, 11) is 0. The molecule has 94 valence electrons. The Morgan fingerprint density at radius 3 is 2.65 bits per heavy atom. The summed E-state index contributed by atoms with van der Waals surface area (Å²) in [5.41, 5.74) is 5.35. The van der Waals surface area contributed by atoms with E-state index in [9.17, 15) is 4.79 Å². The topological polar surface area (TPSA) is 81.8 Å². The highest BCUT2D eigenvalue weighted by molar-refractivity contribution is 5.72. The van der Waals surface area contributed by atoms with E-state index in [4.69, 9.17) is 20.3 Å². The van der Waals surface area contributed by atoms with E-state index in [1.54, 1.807) is 12.1 Å². The Bertz CT molecular complexity index is 367. The predicted octanol–water partition coefficient (Wildman–Crippen LogP) is 1.27. The van der Waals surface area contributed by atoms with Gasteiger partial charge in [-0.1, -0.05) is 6.07 Å². The largest absolute Gasteiger partial charge is 0.494 e. The van der Waals surface area contributed by atoms with E-state index in [2.05, 4.69) is 0 Å². The minimum atomic E-state index is -1.02. The van der Waals surface area contributed by atoms with Crippen LogP contribution in [0.5, 0.6) is 11.5 Å². The van der Waals surface area contributed by atoms with E-state index in [0.29, 0.717) is 12.4 Å². The van der Waals surface area contributed by atoms with Crippen LogP contribution < -0.4 is 15.2 Å². The number of nitrogens with two attached hydrogens (primary N) is 1. The number of benzene rings is 1. The summed E-state index contributed by atoms with van der Waals surface area (Å²) in [6.07, 6.45) is 0.272. The Morgan fingerprint density at radius 2 is 2.06 bits per heavy atom. The molecule has 0 spiro atoms. The van der Waals surface area contributed by atoms with Crippen LogP contribution in [-0.2, 0) is 4.79 Å². The summed E-state index contributed by atoms with van der Waals surface area (Å²) < 4.78 is 10.7. The molecule has 1 rings (SSSR count). The molecule has 3 N–H and O–H groups in total. The molecular weight excluding hydrogens is 222 g/mol. The molecule has 1 aromatic rings. The van der Waals surface area contributed by atoms with Gasteiger partial charge in [-0.15, -0.1) is 0 Å². The second-order valence-corrected chi connectivity index (χ2v) is 3.49. The summed E-state index contributed by atoms with van der Waals surface area (Å²) >= 11 is 0. The zero-order valence-corrected chi connectivity index (χ0v) is 9.76. The zero-order chi connectivity index (χ0) is 12.7. The predicted molar refractivity (Wildman–Crippen MR) is 63.3 cm³/mol. The van der Waals surface area contributed by atoms with E-state index in [0.717, 1.165) is 5.75 Å². The van der Waals surface area contributed by atoms with Crippen LogP contribution >= 0.6 is 0 Å². The zero-order valence-electron chi connectivity index (χ0n) is 9.76. The van der Waals surface area contributed by atoms with Crippen LogP contribution in [0, 0.1) is 0 Å². The first-order chi connectivity index (χ1) is 8.13. The fraction of sp³-hybridized carbons (Fsp3) is 0.417. The van der Waals surface area contributed by atoms with Gasteiger partial charge in [0.1, 0.15) is 17.5 Å². The molecule has 0 heterocycles. The molecule has 5 nitrogen and oxygen atoms in total. The Kier molecular flexibility index (Phi) is 5.29. The number of ether oxygens (including phenoxy) is 2. The molecule has 0 aliphatic carbocycles. The van der Waals surface area contributed by atoms with Crippen molar-refractivity contribution in [3.63, 3.8) is 0 Å². The van der Waals surface area contributed by atoms with Gasteiger partial charge >= 0.3 is 5.97 Å². The lowest BCUT2D eigenvalue weighted by Gasteiger charge is -2.10. The Labute approximate surface area is 100 Å². The minimum Gasteiger partial charge on any atom is -0.494 e. The average molecular weight is 239 g/mol. The maximum Gasteiger partial charge on any atom is 0.320 e. The number of aliphatic carboxylic acids is 1. The van der Waals surface area contributed by atoms with Crippen molar-refractivity contribution in [2.24, 2.45) is 5.73 Å². The molecule has 0 saturated carbocycles. The lowest BCUT2D eigenvalue weighted by Crippen LogP contribution is -2.31. The molecule has 0 aromatic heterocycles. The first-order valence-corrected chi connectivity index (χ1v) is 5.47. The van der Waals surface area contributed by atoms with Crippen molar-refractivity contribution in [3.05, 3.63) is 24.3 Å². The molecule has 1 unspecified atom stereocenters. The number of carbonyl (C=O) groups is 1. The summed E-state index contributed by atoms with van der Waals surface area (Å²) in [5.74, 6) is 0.359. The molecule has 17 heavy (non-hydrogen) atoms. The molecule has 0 radical (unpaired) electrons. The molecule has 0 fully saturated rings. The van der Waals surface area contributed by atoms with Gasteiger partial charge in [-0.3, -0.25) is 4.79 Å². The van der Waals surface area contributed by atoms with E-state index in [-0.39, 0.29) is 13.0 Å². The van der Waals surface area contributed by atoms with Crippen molar-refractivity contribution in [3.8, 4) is 11.5 Å². The smallest absolute Gasteiger partial charge is 0.320 e. The monoisotopic (exact) mass is 239 g/mol. The van der Waals surface area contributed by atoms with Crippen molar-refractivity contribution >= 4 is 5.97 Å². The first-order valence-electron chi connectivity index (χ1n) is 5.47. The Hall–Kier alpha value is -1.75. The second-order valence-electron chi connectivity index (χ2n) is 3.49. The second kappa shape index (κ2) is 6.75. The Balaban J connectivity index is 2.41. The highest BCUT2D eigenvalue weighted by atomic mass is 16.5. The lowest BCUT2D eigenvalue weighted by atomic mass is 10.2. The summed E-state index contributed by atoms with van der Waals surface area (Å²) in [4.78, 5) is 10.5. The van der Waals surface area contributed by atoms with Gasteiger partial charge in [-0.25, -0.2) is 0 Å². The van der Waals surface area contributed by atoms with Crippen molar-refractivity contribution in [1.29, 1.82) is 0 Å². The number of carboxylic acid groups (broad SMARTS) is 1. The van der Waals surface area contributed by atoms with Gasteiger partial charge in [0.2, 0.25) is 0 Å². The molecule has 0 bridgehead atoms. The van der Waals surface area contributed by atoms with E-state index in [1.807, 2.05) is 19.1 Å². The highest BCUT2D eigenvalue weighted by Crippen LogP contribution is 2.19. The standard InChI is InChI=1S/C12H17NO4/c1-2-16-9-4-3-5-10(8-9)17-7-6-11(13)12(14)15/h3-5,8,11H,2,6-7,13H2,1H3,(H,14,15). The van der Waals surface area contributed by atoms with E-state index in [1.165, 1.54) is 0 Å². The highest BCUT2D eigenvalue weighted by Gasteiger charge is 2.10. The maximum absolute atomic E-state index is 10.5. The summed E-state index contributed by atoms with van der Waals surface area (Å²) in [6, 6.07) is 6.31. The number of hydrogen-bond donors (Lipinski definition) is 2. The van der Waals surface area contributed by atoms with Crippen LogP contribution in [0.4, 0.5) is 0 Å². The van der Waals surface area contributed by atoms with Gasteiger partial charge in [-0.05, 0) is 19.1 Å². The average Bonchev–Trinajstić information content (AvgIpc) is 2.29. The van der Waals surface area contributed by atoms with Crippen LogP contribution in [0.15, 0.2) is 24.3 Å². The number of rotatable bonds is 7. The van der Waals surface area contributed by atoms with Crippen molar-refractivity contribution in [2.45, 2.75) is 19.4 Å². The lowest BCUT2D eigenvalue weighted by molar-refractivity contribution is -0.138. The van der Waals surface area contributed by atoms with Gasteiger partial charge in [0, 0.05) is 12.5 Å². The molecular formula is C12H17NO4. The Morgan fingerprint density at radius 1 is 1.41 bits per heavy atom. The molecule has 0 amide bonds. The molecule has 5 heteroatoms. The normalized spacial score (nSPS) is 11.9. The van der Waals surface area contributed by atoms with Crippen molar-refractivity contribution < 1.29 is 19.4 Å². The van der Waals surface area contributed by atoms with Gasteiger partial charge in [0.05, 0.1) is 13.2 Å². The molecule has 1 atom stereocenters. The molecule has 0 aliphatic heterocycles. The first kappa shape index (κ1) is 13.3. The summed E-state index contributed by atoms with van der Waals surface area (Å²) in [5, 5.41) is 8.59. The van der Waals surface area contributed by atoms with Crippen LogP contribution in [0.25, 0.3) is 0 Å². The fourth-order valence-corrected chi connectivity index (χ4v) is 1.25. The summed E-state index contributed by atoms with van der Waals surface area (Å²) in [6.45, 7) is 2.76. The molecule has 1 aromatic carbocycles. The maximum atomic E-state index is 10.5. The SMILES string of the molecule is CCOc1cccc(OCCC(N)C(=O)O)c1. The third-order valence-electron chi connectivity index (χ3n) is 2.13. The number of carboxylic acids is 1. The van der Waals surface area contributed by atoms with Gasteiger partial charge < -0.3 is 20.3 Å². The third-order valence-corrected chi connectivity index (χ3v) is 2.13.